The summed E-state index contributed by atoms with van der Waals surface area (Å²) in [4.78, 5) is 13.7. The van der Waals surface area contributed by atoms with E-state index in [9.17, 15) is 4.79 Å². The van der Waals surface area contributed by atoms with E-state index in [4.69, 9.17) is 24.5 Å². The van der Waals surface area contributed by atoms with Gasteiger partial charge >= 0.3 is 6.16 Å². The summed E-state index contributed by atoms with van der Waals surface area (Å²) in [6, 6.07) is 0. The fourth-order valence-electron chi connectivity index (χ4n) is 1.95. The van der Waals surface area contributed by atoms with Crippen LogP contribution in [-0.4, -0.2) is 43.9 Å². The summed E-state index contributed by atoms with van der Waals surface area (Å²) in [6.07, 6.45) is -1.13. The standard InChI is InChI=1S/C10H15N3O5/c1-2-3-4-15-9-8-7(17-10(14)18-8)6(16-9)5-12-13-11/h6-9H,2-5H2,1H3/t6-,7-,8-,9-/m1/s1. The lowest BCUT2D eigenvalue weighted by Crippen LogP contribution is -2.31. The summed E-state index contributed by atoms with van der Waals surface area (Å²) < 4.78 is 21.0. The minimum absolute atomic E-state index is 0.0853. The number of hydrogen-bond donors (Lipinski definition) is 0. The summed E-state index contributed by atoms with van der Waals surface area (Å²) in [5.41, 5.74) is 8.29. The van der Waals surface area contributed by atoms with Crippen molar-refractivity contribution in [1.29, 1.82) is 0 Å². The lowest BCUT2D eigenvalue weighted by molar-refractivity contribution is -0.165. The molecule has 0 bridgehead atoms. The van der Waals surface area contributed by atoms with Gasteiger partial charge in [0.1, 0.15) is 6.10 Å². The molecular weight excluding hydrogens is 242 g/mol. The Labute approximate surface area is 104 Å². The summed E-state index contributed by atoms with van der Waals surface area (Å²) >= 11 is 0. The first-order chi connectivity index (χ1) is 8.76. The van der Waals surface area contributed by atoms with Crippen LogP contribution in [0.4, 0.5) is 4.79 Å². The van der Waals surface area contributed by atoms with E-state index < -0.39 is 30.8 Å². The fraction of sp³-hybridized carbons (Fsp3) is 0.900. The topological polar surface area (TPSA) is 103 Å². The number of ether oxygens (including phenoxy) is 4. The van der Waals surface area contributed by atoms with Crippen LogP contribution in [0.3, 0.4) is 0 Å². The molecule has 2 saturated heterocycles. The molecule has 100 valence electrons. The Morgan fingerprint density at radius 1 is 1.44 bits per heavy atom. The number of rotatable bonds is 6. The van der Waals surface area contributed by atoms with Gasteiger partial charge in [-0.25, -0.2) is 4.79 Å². The van der Waals surface area contributed by atoms with E-state index in [1.54, 1.807) is 0 Å². The quantitative estimate of drug-likeness (QED) is 0.237. The maximum atomic E-state index is 11.1. The van der Waals surface area contributed by atoms with Crippen LogP contribution >= 0.6 is 0 Å². The number of azide groups is 1. The van der Waals surface area contributed by atoms with E-state index in [-0.39, 0.29) is 6.54 Å². The van der Waals surface area contributed by atoms with Crippen LogP contribution in [0.5, 0.6) is 0 Å². The predicted molar refractivity (Wildman–Crippen MR) is 58.7 cm³/mol. The first kappa shape index (κ1) is 12.9. The molecule has 2 aliphatic heterocycles. The molecule has 2 fully saturated rings. The fourth-order valence-corrected chi connectivity index (χ4v) is 1.95. The van der Waals surface area contributed by atoms with Crippen molar-refractivity contribution in [3.63, 3.8) is 0 Å². The van der Waals surface area contributed by atoms with Gasteiger partial charge in [0.2, 0.25) is 0 Å². The zero-order valence-electron chi connectivity index (χ0n) is 10.0. The van der Waals surface area contributed by atoms with Gasteiger partial charge in [-0.15, -0.1) is 0 Å². The maximum absolute atomic E-state index is 11.1. The molecule has 0 unspecified atom stereocenters. The second-order valence-electron chi connectivity index (χ2n) is 4.10. The molecule has 0 aromatic rings. The predicted octanol–water partition coefficient (Wildman–Crippen LogP) is 1.74. The molecule has 0 saturated carbocycles. The minimum Gasteiger partial charge on any atom is -0.424 e. The van der Waals surface area contributed by atoms with Crippen molar-refractivity contribution in [2.24, 2.45) is 5.11 Å². The third kappa shape index (κ3) is 2.66. The highest BCUT2D eigenvalue weighted by molar-refractivity contribution is 5.63. The van der Waals surface area contributed by atoms with Crippen LogP contribution in [0.15, 0.2) is 5.11 Å². The van der Waals surface area contributed by atoms with E-state index in [1.165, 1.54) is 0 Å². The van der Waals surface area contributed by atoms with Gasteiger partial charge < -0.3 is 18.9 Å². The van der Waals surface area contributed by atoms with Crippen molar-refractivity contribution in [2.75, 3.05) is 13.2 Å². The van der Waals surface area contributed by atoms with E-state index in [0.29, 0.717) is 6.61 Å². The van der Waals surface area contributed by atoms with Crippen molar-refractivity contribution in [3.8, 4) is 0 Å². The van der Waals surface area contributed by atoms with Crippen LogP contribution in [0.2, 0.25) is 0 Å². The maximum Gasteiger partial charge on any atom is 0.509 e. The van der Waals surface area contributed by atoms with Gasteiger partial charge in [0.25, 0.3) is 0 Å². The van der Waals surface area contributed by atoms with Crippen LogP contribution in [0, 0.1) is 0 Å². The SMILES string of the molecule is CCCCO[C@@H]1O[C@H](CN=[N+]=[N-])[C@H]2OC(=O)O[C@@H]12. The number of hydrogen-bond acceptors (Lipinski definition) is 6. The average molecular weight is 257 g/mol. The molecule has 0 amide bonds. The summed E-state index contributed by atoms with van der Waals surface area (Å²) in [5, 5.41) is 3.42. The van der Waals surface area contributed by atoms with E-state index in [0.717, 1.165) is 12.8 Å². The third-order valence-corrected chi connectivity index (χ3v) is 2.84. The van der Waals surface area contributed by atoms with Gasteiger partial charge in [0.15, 0.2) is 18.5 Å². The Hall–Kier alpha value is -1.50. The van der Waals surface area contributed by atoms with E-state index >= 15 is 0 Å². The van der Waals surface area contributed by atoms with Crippen molar-refractivity contribution in [2.45, 2.75) is 44.4 Å². The van der Waals surface area contributed by atoms with E-state index in [1.807, 2.05) is 6.92 Å². The van der Waals surface area contributed by atoms with Gasteiger partial charge in [-0.1, -0.05) is 18.5 Å². The lowest BCUT2D eigenvalue weighted by Gasteiger charge is -2.15. The Bertz CT molecular complexity index is 357. The van der Waals surface area contributed by atoms with Crippen LogP contribution in [-0.2, 0) is 18.9 Å². The molecule has 0 aliphatic carbocycles. The first-order valence-corrected chi connectivity index (χ1v) is 5.91. The molecule has 8 heteroatoms. The Morgan fingerprint density at radius 3 is 2.94 bits per heavy atom. The number of carbonyl (C=O) groups excluding carboxylic acids is 1. The molecule has 4 atom stereocenters. The van der Waals surface area contributed by atoms with Crippen molar-refractivity contribution < 1.29 is 23.7 Å². The number of nitrogens with zero attached hydrogens (tertiary/aromatic N) is 3. The van der Waals surface area contributed by atoms with Crippen molar-refractivity contribution in [3.05, 3.63) is 10.4 Å². The van der Waals surface area contributed by atoms with Crippen molar-refractivity contribution >= 4 is 6.16 Å². The second kappa shape index (κ2) is 5.90. The van der Waals surface area contributed by atoms with Gasteiger partial charge in [0.05, 0.1) is 6.54 Å². The molecule has 8 nitrogen and oxygen atoms in total. The smallest absolute Gasteiger partial charge is 0.424 e. The molecule has 2 heterocycles. The summed E-state index contributed by atoms with van der Waals surface area (Å²) in [6.45, 7) is 2.66. The van der Waals surface area contributed by atoms with Crippen molar-refractivity contribution in [1.82, 2.24) is 0 Å². The number of unbranched alkanes of at least 4 members (excludes halogenated alkanes) is 1. The summed E-state index contributed by atoms with van der Waals surface area (Å²) in [7, 11) is 0. The molecule has 0 N–H and O–H groups in total. The highest BCUT2D eigenvalue weighted by Crippen LogP contribution is 2.32. The average Bonchev–Trinajstić information content (AvgIpc) is 2.86. The van der Waals surface area contributed by atoms with Gasteiger partial charge in [-0.3, -0.25) is 0 Å². The molecule has 0 radical (unpaired) electrons. The highest BCUT2D eigenvalue weighted by atomic mass is 16.8. The van der Waals surface area contributed by atoms with Gasteiger partial charge in [-0.2, -0.15) is 0 Å². The Kier molecular flexibility index (Phi) is 4.24. The number of carbonyl (C=O) groups is 1. The third-order valence-electron chi connectivity index (χ3n) is 2.84. The van der Waals surface area contributed by atoms with Crippen LogP contribution < -0.4 is 0 Å². The molecule has 0 spiro atoms. The zero-order chi connectivity index (χ0) is 13.0. The normalized spacial score (nSPS) is 33.5. The largest absolute Gasteiger partial charge is 0.509 e. The Morgan fingerprint density at radius 2 is 2.22 bits per heavy atom. The minimum atomic E-state index is -0.733. The van der Waals surface area contributed by atoms with E-state index in [2.05, 4.69) is 10.0 Å². The summed E-state index contributed by atoms with van der Waals surface area (Å²) in [5.74, 6) is 0. The molecule has 0 aromatic carbocycles. The second-order valence-corrected chi connectivity index (χ2v) is 4.10. The molecule has 18 heavy (non-hydrogen) atoms. The van der Waals surface area contributed by atoms with Crippen LogP contribution in [0.25, 0.3) is 10.4 Å². The molecule has 2 aliphatic rings. The molecule has 0 aromatic heterocycles. The highest BCUT2D eigenvalue weighted by Gasteiger charge is 2.54. The monoisotopic (exact) mass is 257 g/mol. The van der Waals surface area contributed by atoms with Gasteiger partial charge in [-0.05, 0) is 12.0 Å². The number of fused-ring (bicyclic) bond motifs is 1. The Balaban J connectivity index is 1.95. The lowest BCUT2D eigenvalue weighted by atomic mass is 10.1. The zero-order valence-corrected chi connectivity index (χ0v) is 10.0. The van der Waals surface area contributed by atoms with Gasteiger partial charge in [0, 0.05) is 11.5 Å². The van der Waals surface area contributed by atoms with Crippen LogP contribution in [0.1, 0.15) is 19.8 Å². The molecular formula is C10H15N3O5. The first-order valence-electron chi connectivity index (χ1n) is 5.91. The molecule has 2 rings (SSSR count).